The number of piperidine rings is 1. The summed E-state index contributed by atoms with van der Waals surface area (Å²) in [7, 11) is 0. The molecule has 0 spiro atoms. The van der Waals surface area contributed by atoms with E-state index in [1.807, 2.05) is 71.6 Å². The maximum absolute atomic E-state index is 13.0. The lowest BCUT2D eigenvalue weighted by atomic mass is 9.89. The average molecular weight is 415 g/mol. The van der Waals surface area contributed by atoms with Crippen molar-refractivity contribution in [2.45, 2.75) is 25.7 Å². The lowest BCUT2D eigenvalue weighted by Gasteiger charge is -2.32. The molecule has 5 nitrogen and oxygen atoms in total. The van der Waals surface area contributed by atoms with Crippen LogP contribution in [0.3, 0.4) is 0 Å². The number of ketones is 1. The summed E-state index contributed by atoms with van der Waals surface area (Å²) in [5.41, 5.74) is 1.72. The maximum atomic E-state index is 13.0. The normalized spacial score (nSPS) is 16.0. The number of aryl methyl sites for hydroxylation is 1. The summed E-state index contributed by atoms with van der Waals surface area (Å²) in [5, 5.41) is 0. The van der Waals surface area contributed by atoms with E-state index in [1.54, 1.807) is 12.4 Å². The number of likely N-dealkylation sites (tertiary alicyclic amines) is 1. The van der Waals surface area contributed by atoms with Crippen molar-refractivity contribution in [3.05, 3.63) is 90.3 Å². The van der Waals surface area contributed by atoms with E-state index >= 15 is 0 Å². The Morgan fingerprint density at radius 1 is 0.968 bits per heavy atom. The van der Waals surface area contributed by atoms with Gasteiger partial charge in [0.15, 0.2) is 5.78 Å². The Labute approximate surface area is 182 Å². The second kappa shape index (κ2) is 10.0. The average Bonchev–Trinajstić information content (AvgIpc) is 2.84. The molecule has 158 valence electrons. The van der Waals surface area contributed by atoms with Crippen molar-refractivity contribution in [1.29, 1.82) is 0 Å². The van der Waals surface area contributed by atoms with Gasteiger partial charge in [0.05, 0.1) is 0 Å². The van der Waals surface area contributed by atoms with E-state index in [4.69, 9.17) is 4.74 Å². The van der Waals surface area contributed by atoms with Gasteiger partial charge in [-0.05, 0) is 67.3 Å². The van der Waals surface area contributed by atoms with Crippen LogP contribution in [-0.2, 0) is 11.2 Å². The zero-order valence-corrected chi connectivity index (χ0v) is 17.4. The smallest absolute Gasteiger partial charge is 0.222 e. The topological polar surface area (TPSA) is 59.5 Å². The van der Waals surface area contributed by atoms with E-state index in [0.29, 0.717) is 30.7 Å². The number of ether oxygens (including phenoxy) is 1. The van der Waals surface area contributed by atoms with Crippen LogP contribution in [0, 0.1) is 5.92 Å². The predicted molar refractivity (Wildman–Crippen MR) is 119 cm³/mol. The number of amides is 1. The Kier molecular flexibility index (Phi) is 6.72. The van der Waals surface area contributed by atoms with Crippen molar-refractivity contribution in [1.82, 2.24) is 9.88 Å². The molecule has 0 saturated carbocycles. The number of nitrogens with zero attached hydrogens (tertiary/aromatic N) is 2. The Hall–Kier alpha value is -3.47. The second-order valence-electron chi connectivity index (χ2n) is 7.84. The third-order valence-electron chi connectivity index (χ3n) is 5.61. The molecule has 0 aliphatic carbocycles. The van der Waals surface area contributed by atoms with Gasteiger partial charge in [-0.15, -0.1) is 0 Å². The van der Waals surface area contributed by atoms with Gasteiger partial charge in [-0.1, -0.05) is 24.3 Å². The van der Waals surface area contributed by atoms with Gasteiger partial charge in [0.1, 0.15) is 11.5 Å². The zero-order chi connectivity index (χ0) is 21.5. The standard InChI is InChI=1S/C26H26N2O3/c29-25(15-10-20-6-4-16-27-18-20)28-17-5-7-22(19-28)26(30)21-11-13-24(14-12-21)31-23-8-2-1-3-9-23/h1-4,6,8-9,11-14,16,18,22H,5,7,10,15,17,19H2. The molecule has 1 amide bonds. The number of carbonyl (C=O) groups is 2. The molecule has 1 atom stereocenters. The number of aromatic nitrogens is 1. The van der Waals surface area contributed by atoms with Crippen molar-refractivity contribution in [2.24, 2.45) is 5.92 Å². The fraction of sp³-hybridized carbons (Fsp3) is 0.269. The Balaban J connectivity index is 1.33. The van der Waals surface area contributed by atoms with Crippen LogP contribution in [-0.4, -0.2) is 34.7 Å². The van der Waals surface area contributed by atoms with E-state index in [2.05, 4.69) is 4.98 Å². The maximum Gasteiger partial charge on any atom is 0.222 e. The molecular formula is C26H26N2O3. The second-order valence-corrected chi connectivity index (χ2v) is 7.84. The molecule has 0 N–H and O–H groups in total. The predicted octanol–water partition coefficient (Wildman–Crippen LogP) is 4.93. The first-order valence-electron chi connectivity index (χ1n) is 10.7. The molecule has 4 rings (SSSR count). The van der Waals surface area contributed by atoms with E-state index in [1.165, 1.54) is 0 Å². The number of hydrogen-bond donors (Lipinski definition) is 0. The quantitative estimate of drug-likeness (QED) is 0.515. The SMILES string of the molecule is O=C(c1ccc(Oc2ccccc2)cc1)C1CCCN(C(=O)CCc2cccnc2)C1. The van der Waals surface area contributed by atoms with Crippen LogP contribution < -0.4 is 4.74 Å². The molecule has 1 aliphatic rings. The highest BCUT2D eigenvalue weighted by Crippen LogP contribution is 2.25. The fourth-order valence-corrected chi connectivity index (χ4v) is 3.92. The highest BCUT2D eigenvalue weighted by molar-refractivity contribution is 5.98. The number of Topliss-reactive ketones (excluding diaryl/α,β-unsaturated/α-hetero) is 1. The number of hydrogen-bond acceptors (Lipinski definition) is 4. The van der Waals surface area contributed by atoms with E-state index < -0.39 is 0 Å². The summed E-state index contributed by atoms with van der Waals surface area (Å²) in [6, 6.07) is 20.7. The summed E-state index contributed by atoms with van der Waals surface area (Å²) in [6.45, 7) is 1.21. The molecule has 3 aromatic rings. The Morgan fingerprint density at radius 2 is 1.74 bits per heavy atom. The van der Waals surface area contributed by atoms with Crippen LogP contribution in [0.25, 0.3) is 0 Å². The van der Waals surface area contributed by atoms with Gasteiger partial charge in [0.25, 0.3) is 0 Å². The molecule has 1 aromatic heterocycles. The number of benzene rings is 2. The van der Waals surface area contributed by atoms with Gasteiger partial charge in [0, 0.05) is 43.4 Å². The van der Waals surface area contributed by atoms with Crippen molar-refractivity contribution < 1.29 is 14.3 Å². The van der Waals surface area contributed by atoms with Gasteiger partial charge in [-0.2, -0.15) is 0 Å². The number of carbonyl (C=O) groups excluding carboxylic acids is 2. The summed E-state index contributed by atoms with van der Waals surface area (Å²) in [4.78, 5) is 31.6. The van der Waals surface area contributed by atoms with Crippen LogP contribution in [0.1, 0.15) is 35.2 Å². The fourth-order valence-electron chi connectivity index (χ4n) is 3.92. The van der Waals surface area contributed by atoms with Gasteiger partial charge in [0.2, 0.25) is 5.91 Å². The van der Waals surface area contributed by atoms with E-state index in [9.17, 15) is 9.59 Å². The first-order chi connectivity index (χ1) is 15.2. The van der Waals surface area contributed by atoms with Crippen LogP contribution in [0.2, 0.25) is 0 Å². The van der Waals surface area contributed by atoms with Crippen molar-refractivity contribution in [3.8, 4) is 11.5 Å². The third-order valence-corrected chi connectivity index (χ3v) is 5.61. The molecule has 1 unspecified atom stereocenters. The molecule has 2 aromatic carbocycles. The number of rotatable bonds is 7. The summed E-state index contributed by atoms with van der Waals surface area (Å²) >= 11 is 0. The van der Waals surface area contributed by atoms with Crippen LogP contribution in [0.4, 0.5) is 0 Å². The van der Waals surface area contributed by atoms with Gasteiger partial charge in [-0.3, -0.25) is 14.6 Å². The molecule has 0 bridgehead atoms. The zero-order valence-electron chi connectivity index (χ0n) is 17.4. The minimum Gasteiger partial charge on any atom is -0.457 e. The van der Waals surface area contributed by atoms with Crippen molar-refractivity contribution in [2.75, 3.05) is 13.1 Å². The van der Waals surface area contributed by atoms with Crippen LogP contribution >= 0.6 is 0 Å². The molecule has 1 aliphatic heterocycles. The number of pyridine rings is 1. The van der Waals surface area contributed by atoms with E-state index in [-0.39, 0.29) is 17.6 Å². The van der Waals surface area contributed by atoms with Gasteiger partial charge in [-0.25, -0.2) is 0 Å². The van der Waals surface area contributed by atoms with Crippen molar-refractivity contribution in [3.63, 3.8) is 0 Å². The minimum absolute atomic E-state index is 0.0935. The van der Waals surface area contributed by atoms with E-state index in [0.717, 1.165) is 30.7 Å². The number of para-hydroxylation sites is 1. The molecule has 2 heterocycles. The monoisotopic (exact) mass is 414 g/mol. The largest absolute Gasteiger partial charge is 0.457 e. The highest BCUT2D eigenvalue weighted by Gasteiger charge is 2.28. The minimum atomic E-state index is -0.156. The lowest BCUT2D eigenvalue weighted by molar-refractivity contribution is -0.132. The van der Waals surface area contributed by atoms with Gasteiger partial charge < -0.3 is 9.64 Å². The lowest BCUT2D eigenvalue weighted by Crippen LogP contribution is -2.42. The molecule has 1 fully saturated rings. The summed E-state index contributed by atoms with van der Waals surface area (Å²) in [5.74, 6) is 1.49. The first kappa shape index (κ1) is 20.8. The third kappa shape index (κ3) is 5.57. The molecular weight excluding hydrogens is 388 g/mol. The van der Waals surface area contributed by atoms with Crippen molar-refractivity contribution >= 4 is 11.7 Å². The highest BCUT2D eigenvalue weighted by atomic mass is 16.5. The molecule has 1 saturated heterocycles. The van der Waals surface area contributed by atoms with Crippen LogP contribution in [0.5, 0.6) is 11.5 Å². The first-order valence-corrected chi connectivity index (χ1v) is 10.7. The molecule has 31 heavy (non-hydrogen) atoms. The summed E-state index contributed by atoms with van der Waals surface area (Å²) < 4.78 is 5.80. The Morgan fingerprint density at radius 3 is 2.48 bits per heavy atom. The molecule has 0 radical (unpaired) electrons. The summed E-state index contributed by atoms with van der Waals surface area (Å²) in [6.07, 6.45) is 6.30. The van der Waals surface area contributed by atoms with Gasteiger partial charge >= 0.3 is 0 Å². The van der Waals surface area contributed by atoms with Crippen LogP contribution in [0.15, 0.2) is 79.1 Å². The Bertz CT molecular complexity index is 1000. The molecule has 5 heteroatoms.